The van der Waals surface area contributed by atoms with E-state index in [9.17, 15) is 0 Å². The molecule has 1 saturated carbocycles. The van der Waals surface area contributed by atoms with Gasteiger partial charge in [0.2, 0.25) is 0 Å². The average Bonchev–Trinajstić information content (AvgIpc) is 2.72. The van der Waals surface area contributed by atoms with E-state index in [1.54, 1.807) is 0 Å². The van der Waals surface area contributed by atoms with Crippen molar-refractivity contribution in [3.63, 3.8) is 0 Å². The Balaban J connectivity index is 1.83. The van der Waals surface area contributed by atoms with Crippen molar-refractivity contribution in [1.82, 2.24) is 5.32 Å². The lowest BCUT2D eigenvalue weighted by Gasteiger charge is -2.24. The van der Waals surface area contributed by atoms with Crippen LogP contribution in [0.2, 0.25) is 0 Å². The second-order valence-electron chi connectivity index (χ2n) is 6.37. The van der Waals surface area contributed by atoms with Gasteiger partial charge in [0.05, 0.1) is 11.7 Å². The fourth-order valence-electron chi connectivity index (χ4n) is 3.57. The molecule has 2 nitrogen and oxygen atoms in total. The summed E-state index contributed by atoms with van der Waals surface area (Å²) in [5.74, 6) is 1.69. The molecule has 0 aromatic heterocycles. The van der Waals surface area contributed by atoms with Crippen LogP contribution in [-0.2, 0) is 4.74 Å². The molecule has 2 fully saturated rings. The van der Waals surface area contributed by atoms with Gasteiger partial charge in [-0.1, -0.05) is 6.92 Å². The highest BCUT2D eigenvalue weighted by Crippen LogP contribution is 2.39. The van der Waals surface area contributed by atoms with Crippen molar-refractivity contribution >= 4 is 0 Å². The molecule has 0 aromatic carbocycles. The summed E-state index contributed by atoms with van der Waals surface area (Å²) in [5, 5.41) is 3.44. The maximum absolute atomic E-state index is 6.11. The molecule has 0 amide bonds. The molecule has 2 aliphatic rings. The fourth-order valence-corrected chi connectivity index (χ4v) is 3.57. The molecule has 2 heteroatoms. The summed E-state index contributed by atoms with van der Waals surface area (Å²) in [4.78, 5) is 0. The number of nitrogens with one attached hydrogen (secondary N) is 1. The van der Waals surface area contributed by atoms with Crippen molar-refractivity contribution in [2.24, 2.45) is 11.8 Å². The Bertz CT molecular complexity index is 239. The predicted octanol–water partition coefficient (Wildman–Crippen LogP) is 2.97. The standard InChI is InChI=1S/C14H27NO/c1-10-11(5-6-13(10)15-4)9-12-7-8-14(2,3)16-12/h10-13,15H,5-9H2,1-4H3. The Morgan fingerprint density at radius 1 is 1.25 bits per heavy atom. The molecule has 4 atom stereocenters. The monoisotopic (exact) mass is 225 g/mol. The van der Waals surface area contributed by atoms with Crippen molar-refractivity contribution < 1.29 is 4.74 Å². The number of rotatable bonds is 3. The molecular weight excluding hydrogens is 198 g/mol. The summed E-state index contributed by atoms with van der Waals surface area (Å²) in [6.07, 6.45) is 7.03. The van der Waals surface area contributed by atoms with Crippen molar-refractivity contribution in [1.29, 1.82) is 0 Å². The van der Waals surface area contributed by atoms with E-state index in [0.29, 0.717) is 6.10 Å². The summed E-state index contributed by atoms with van der Waals surface area (Å²) in [6, 6.07) is 0.736. The molecule has 2 rings (SSSR count). The van der Waals surface area contributed by atoms with E-state index in [0.717, 1.165) is 17.9 Å². The molecule has 0 radical (unpaired) electrons. The Morgan fingerprint density at radius 3 is 2.50 bits per heavy atom. The summed E-state index contributed by atoms with van der Waals surface area (Å²) in [7, 11) is 2.10. The van der Waals surface area contributed by atoms with Gasteiger partial charge in [-0.15, -0.1) is 0 Å². The minimum absolute atomic E-state index is 0.134. The molecular formula is C14H27NO. The van der Waals surface area contributed by atoms with E-state index in [1.165, 1.54) is 32.1 Å². The van der Waals surface area contributed by atoms with E-state index < -0.39 is 0 Å². The molecule has 1 saturated heterocycles. The Kier molecular flexibility index (Phi) is 3.60. The van der Waals surface area contributed by atoms with Gasteiger partial charge in [-0.05, 0) is 64.8 Å². The molecule has 94 valence electrons. The van der Waals surface area contributed by atoms with Gasteiger partial charge in [0, 0.05) is 6.04 Å². The van der Waals surface area contributed by atoms with Crippen molar-refractivity contribution in [3.8, 4) is 0 Å². The molecule has 0 aromatic rings. The summed E-state index contributed by atoms with van der Waals surface area (Å²) in [6.45, 7) is 6.85. The van der Waals surface area contributed by atoms with Gasteiger partial charge in [0.1, 0.15) is 0 Å². The number of hydrogen-bond acceptors (Lipinski definition) is 2. The van der Waals surface area contributed by atoms with E-state index in [4.69, 9.17) is 4.74 Å². The zero-order valence-corrected chi connectivity index (χ0v) is 11.3. The van der Waals surface area contributed by atoms with E-state index in [2.05, 4.69) is 33.1 Å². The SMILES string of the molecule is CNC1CCC(CC2CCC(C)(C)O2)C1C. The lowest BCUT2D eigenvalue weighted by atomic mass is 9.89. The van der Waals surface area contributed by atoms with E-state index >= 15 is 0 Å². The Labute approximate surface area is 100 Å². The third-order valence-corrected chi connectivity index (χ3v) is 4.72. The van der Waals surface area contributed by atoms with Gasteiger partial charge in [0.15, 0.2) is 0 Å². The van der Waals surface area contributed by atoms with Crippen LogP contribution >= 0.6 is 0 Å². The second-order valence-corrected chi connectivity index (χ2v) is 6.37. The highest BCUT2D eigenvalue weighted by molar-refractivity contribution is 4.90. The molecule has 16 heavy (non-hydrogen) atoms. The Hall–Kier alpha value is -0.0800. The van der Waals surface area contributed by atoms with E-state index in [1.807, 2.05) is 0 Å². The van der Waals surface area contributed by atoms with Crippen LogP contribution in [0.25, 0.3) is 0 Å². The molecule has 1 N–H and O–H groups in total. The topological polar surface area (TPSA) is 21.3 Å². The average molecular weight is 225 g/mol. The van der Waals surface area contributed by atoms with Crippen LogP contribution < -0.4 is 5.32 Å². The maximum atomic E-state index is 6.11. The molecule has 0 bridgehead atoms. The second kappa shape index (κ2) is 4.66. The normalized spacial score (nSPS) is 42.8. The minimum atomic E-state index is 0.134. The third-order valence-electron chi connectivity index (χ3n) is 4.72. The molecule has 1 aliphatic carbocycles. The van der Waals surface area contributed by atoms with Crippen LogP contribution in [0.15, 0.2) is 0 Å². The van der Waals surface area contributed by atoms with Gasteiger partial charge in [0.25, 0.3) is 0 Å². The summed E-state index contributed by atoms with van der Waals surface area (Å²) < 4.78 is 6.11. The van der Waals surface area contributed by atoms with E-state index in [-0.39, 0.29) is 5.60 Å². The molecule has 1 aliphatic heterocycles. The van der Waals surface area contributed by atoms with Gasteiger partial charge in [-0.2, -0.15) is 0 Å². The lowest BCUT2D eigenvalue weighted by Crippen LogP contribution is -2.30. The first kappa shape index (κ1) is 12.4. The number of ether oxygens (including phenoxy) is 1. The summed E-state index contributed by atoms with van der Waals surface area (Å²) in [5.41, 5.74) is 0.134. The van der Waals surface area contributed by atoms with Crippen molar-refractivity contribution in [2.45, 2.75) is 70.6 Å². The smallest absolute Gasteiger partial charge is 0.0631 e. The Morgan fingerprint density at radius 2 is 2.00 bits per heavy atom. The number of hydrogen-bond donors (Lipinski definition) is 1. The molecule has 1 heterocycles. The maximum Gasteiger partial charge on any atom is 0.0631 e. The van der Waals surface area contributed by atoms with Gasteiger partial charge in [-0.25, -0.2) is 0 Å². The zero-order chi connectivity index (χ0) is 11.8. The fraction of sp³-hybridized carbons (Fsp3) is 1.00. The highest BCUT2D eigenvalue weighted by atomic mass is 16.5. The first-order valence-electron chi connectivity index (χ1n) is 6.87. The zero-order valence-electron chi connectivity index (χ0n) is 11.3. The van der Waals surface area contributed by atoms with Gasteiger partial charge < -0.3 is 10.1 Å². The van der Waals surface area contributed by atoms with Crippen LogP contribution in [0.1, 0.15) is 52.9 Å². The van der Waals surface area contributed by atoms with Crippen molar-refractivity contribution in [2.75, 3.05) is 7.05 Å². The quantitative estimate of drug-likeness (QED) is 0.797. The first-order valence-corrected chi connectivity index (χ1v) is 6.87. The third kappa shape index (κ3) is 2.60. The van der Waals surface area contributed by atoms with Crippen LogP contribution in [-0.4, -0.2) is 24.8 Å². The lowest BCUT2D eigenvalue weighted by molar-refractivity contribution is -0.0265. The van der Waals surface area contributed by atoms with Gasteiger partial charge in [-0.3, -0.25) is 0 Å². The highest BCUT2D eigenvalue weighted by Gasteiger charge is 2.37. The first-order chi connectivity index (χ1) is 7.52. The minimum Gasteiger partial charge on any atom is -0.372 e. The predicted molar refractivity (Wildman–Crippen MR) is 67.5 cm³/mol. The molecule has 4 unspecified atom stereocenters. The summed E-state index contributed by atoms with van der Waals surface area (Å²) >= 11 is 0. The molecule has 0 spiro atoms. The van der Waals surface area contributed by atoms with Crippen LogP contribution in [0, 0.1) is 11.8 Å². The van der Waals surface area contributed by atoms with Gasteiger partial charge >= 0.3 is 0 Å². The van der Waals surface area contributed by atoms with Crippen LogP contribution in [0.4, 0.5) is 0 Å². The van der Waals surface area contributed by atoms with Crippen molar-refractivity contribution in [3.05, 3.63) is 0 Å². The largest absolute Gasteiger partial charge is 0.372 e. The van der Waals surface area contributed by atoms with Crippen LogP contribution in [0.3, 0.4) is 0 Å². The van der Waals surface area contributed by atoms with Crippen LogP contribution in [0.5, 0.6) is 0 Å².